The molecule has 1 aliphatic heterocycles. The molecular weight excluding hydrogens is 362 g/mol. The summed E-state index contributed by atoms with van der Waals surface area (Å²) in [5, 5.41) is 20.9. The molecule has 0 amide bonds. The molecule has 0 aromatic heterocycles. The molecule has 2 saturated carbocycles. The third kappa shape index (κ3) is 2.60. The SMILES string of the molecule is CO[C@@]12[C@H](C)CC(O)C[C@@]13CCN(CC1CC1)[C@@H]2Cc1ccc(O)cc13.Cl. The first-order chi connectivity index (χ1) is 12.5. The molecule has 5 atom stereocenters. The van der Waals surface area contributed by atoms with Gasteiger partial charge in [-0.25, -0.2) is 0 Å². The molecule has 3 fully saturated rings. The lowest BCUT2D eigenvalue weighted by Gasteiger charge is -2.68. The second kappa shape index (κ2) is 6.62. The maximum atomic E-state index is 10.7. The van der Waals surface area contributed by atoms with E-state index in [4.69, 9.17) is 4.74 Å². The lowest BCUT2D eigenvalue weighted by molar-refractivity contribution is -0.225. The Balaban J connectivity index is 0.00000180. The van der Waals surface area contributed by atoms with Gasteiger partial charge in [-0.15, -0.1) is 12.4 Å². The van der Waals surface area contributed by atoms with Gasteiger partial charge in [0.05, 0.1) is 11.7 Å². The highest BCUT2D eigenvalue weighted by Crippen LogP contribution is 2.62. The number of ether oxygens (including phenoxy) is 1. The number of methoxy groups -OCH3 is 1. The number of benzene rings is 1. The smallest absolute Gasteiger partial charge is 0.115 e. The fourth-order valence-electron chi connectivity index (χ4n) is 6.92. The summed E-state index contributed by atoms with van der Waals surface area (Å²) in [5.74, 6) is 1.48. The van der Waals surface area contributed by atoms with Crippen LogP contribution < -0.4 is 0 Å². The van der Waals surface area contributed by atoms with E-state index in [0.29, 0.717) is 17.7 Å². The van der Waals surface area contributed by atoms with Gasteiger partial charge in [-0.3, -0.25) is 4.90 Å². The Bertz CT molecular complexity index is 724. The molecule has 1 saturated heterocycles. The lowest BCUT2D eigenvalue weighted by Crippen LogP contribution is -2.76. The van der Waals surface area contributed by atoms with E-state index in [0.717, 1.165) is 38.1 Å². The van der Waals surface area contributed by atoms with E-state index >= 15 is 0 Å². The van der Waals surface area contributed by atoms with Crippen molar-refractivity contribution >= 4 is 12.4 Å². The monoisotopic (exact) mass is 393 g/mol. The van der Waals surface area contributed by atoms with Crippen LogP contribution in [-0.2, 0) is 16.6 Å². The van der Waals surface area contributed by atoms with Crippen molar-refractivity contribution in [2.75, 3.05) is 20.2 Å². The summed E-state index contributed by atoms with van der Waals surface area (Å²) in [6.45, 7) is 4.53. The Labute approximate surface area is 168 Å². The van der Waals surface area contributed by atoms with Crippen LogP contribution in [0.15, 0.2) is 18.2 Å². The van der Waals surface area contributed by atoms with E-state index in [-0.39, 0.29) is 29.5 Å². The van der Waals surface area contributed by atoms with Gasteiger partial charge in [0.1, 0.15) is 5.75 Å². The van der Waals surface area contributed by atoms with Crippen molar-refractivity contribution in [1.29, 1.82) is 0 Å². The van der Waals surface area contributed by atoms with E-state index in [1.165, 1.54) is 30.5 Å². The summed E-state index contributed by atoms with van der Waals surface area (Å²) in [6, 6.07) is 6.24. The largest absolute Gasteiger partial charge is 0.508 e. The second-order valence-electron chi connectivity index (χ2n) is 9.32. The summed E-state index contributed by atoms with van der Waals surface area (Å²) < 4.78 is 6.50. The molecular formula is C22H32ClNO3. The maximum Gasteiger partial charge on any atom is 0.115 e. The topological polar surface area (TPSA) is 52.9 Å². The van der Waals surface area contributed by atoms with Gasteiger partial charge >= 0.3 is 0 Å². The van der Waals surface area contributed by atoms with Crippen LogP contribution in [-0.4, -0.2) is 53.1 Å². The van der Waals surface area contributed by atoms with Gasteiger partial charge in [0.15, 0.2) is 0 Å². The highest BCUT2D eigenvalue weighted by atomic mass is 35.5. The van der Waals surface area contributed by atoms with Gasteiger partial charge in [-0.1, -0.05) is 13.0 Å². The number of aromatic hydroxyl groups is 1. The Kier molecular flexibility index (Phi) is 4.78. The molecule has 1 aromatic carbocycles. The molecule has 3 aliphatic carbocycles. The molecule has 2 bridgehead atoms. The van der Waals surface area contributed by atoms with Gasteiger partial charge in [0.2, 0.25) is 0 Å². The van der Waals surface area contributed by atoms with Crippen molar-refractivity contribution in [2.45, 2.75) is 68.6 Å². The van der Waals surface area contributed by atoms with Gasteiger partial charge < -0.3 is 14.9 Å². The third-order valence-electron chi connectivity index (χ3n) is 8.00. The zero-order chi connectivity index (χ0) is 18.1. The molecule has 1 unspecified atom stereocenters. The first-order valence-electron chi connectivity index (χ1n) is 10.3. The van der Waals surface area contributed by atoms with Crippen LogP contribution in [0.1, 0.15) is 50.2 Å². The number of phenolic OH excluding ortho intramolecular Hbond substituents is 1. The van der Waals surface area contributed by atoms with Crippen LogP contribution in [0.2, 0.25) is 0 Å². The minimum atomic E-state index is -0.294. The van der Waals surface area contributed by atoms with Gasteiger partial charge in [-0.2, -0.15) is 0 Å². The van der Waals surface area contributed by atoms with Crippen molar-refractivity contribution in [1.82, 2.24) is 4.90 Å². The van der Waals surface area contributed by atoms with Crippen LogP contribution in [0, 0.1) is 11.8 Å². The van der Waals surface area contributed by atoms with Crippen LogP contribution >= 0.6 is 12.4 Å². The van der Waals surface area contributed by atoms with Crippen LogP contribution in [0.3, 0.4) is 0 Å². The first kappa shape index (κ1) is 19.5. The highest BCUT2D eigenvalue weighted by molar-refractivity contribution is 5.85. The molecule has 0 spiro atoms. The predicted octanol–water partition coefficient (Wildman–Crippen LogP) is 3.27. The number of hydrogen-bond acceptors (Lipinski definition) is 4. The minimum Gasteiger partial charge on any atom is -0.508 e. The normalized spacial score (nSPS) is 40.6. The van der Waals surface area contributed by atoms with E-state index in [1.807, 2.05) is 19.2 Å². The van der Waals surface area contributed by atoms with Crippen molar-refractivity contribution in [3.8, 4) is 5.75 Å². The standard InChI is InChI=1S/C22H31NO3.ClH/c1-14-9-18(25)12-21-7-8-23(13-15-3-4-15)20(22(14,21)26-2)10-16-5-6-17(24)11-19(16)21;/h5-6,11,14-15,18,20,24-25H,3-4,7-10,12-13H2,1-2H3;1H/t14-,18?,20-,21-,22-;/m1./s1. The fraction of sp³-hybridized carbons (Fsp3) is 0.727. The van der Waals surface area contributed by atoms with E-state index in [9.17, 15) is 10.2 Å². The fourth-order valence-corrected chi connectivity index (χ4v) is 6.92. The van der Waals surface area contributed by atoms with Gasteiger partial charge in [0, 0.05) is 25.1 Å². The lowest BCUT2D eigenvalue weighted by atomic mass is 9.46. The Morgan fingerprint density at radius 1 is 1.30 bits per heavy atom. The maximum absolute atomic E-state index is 10.7. The van der Waals surface area contributed by atoms with E-state index < -0.39 is 0 Å². The molecule has 150 valence electrons. The van der Waals surface area contributed by atoms with Gasteiger partial charge in [-0.05, 0) is 80.2 Å². The van der Waals surface area contributed by atoms with Crippen molar-refractivity contribution in [2.24, 2.45) is 11.8 Å². The quantitative estimate of drug-likeness (QED) is 0.827. The first-order valence-corrected chi connectivity index (χ1v) is 10.3. The minimum absolute atomic E-state index is 0. The molecule has 5 rings (SSSR count). The summed E-state index contributed by atoms with van der Waals surface area (Å²) >= 11 is 0. The highest BCUT2D eigenvalue weighted by Gasteiger charge is 2.68. The van der Waals surface area contributed by atoms with Crippen LogP contribution in [0.5, 0.6) is 5.75 Å². The molecule has 4 aliphatic rings. The van der Waals surface area contributed by atoms with E-state index in [2.05, 4.69) is 17.9 Å². The Morgan fingerprint density at radius 2 is 2.07 bits per heavy atom. The van der Waals surface area contributed by atoms with Crippen molar-refractivity contribution in [3.63, 3.8) is 0 Å². The Morgan fingerprint density at radius 3 is 2.78 bits per heavy atom. The summed E-state index contributed by atoms with van der Waals surface area (Å²) in [4.78, 5) is 2.70. The van der Waals surface area contributed by atoms with Crippen molar-refractivity contribution < 1.29 is 14.9 Å². The summed E-state index contributed by atoms with van der Waals surface area (Å²) in [7, 11) is 1.88. The molecule has 4 nitrogen and oxygen atoms in total. The Hall–Kier alpha value is -0.810. The predicted molar refractivity (Wildman–Crippen MR) is 108 cm³/mol. The number of likely N-dealkylation sites (tertiary alicyclic amines) is 1. The number of halogens is 1. The summed E-state index contributed by atoms with van der Waals surface area (Å²) in [5.41, 5.74) is 2.09. The average Bonchev–Trinajstić information content (AvgIpc) is 3.42. The molecule has 27 heavy (non-hydrogen) atoms. The second-order valence-corrected chi connectivity index (χ2v) is 9.32. The number of nitrogens with zero attached hydrogens (tertiary/aromatic N) is 1. The van der Waals surface area contributed by atoms with Crippen LogP contribution in [0.25, 0.3) is 0 Å². The number of hydrogen-bond donors (Lipinski definition) is 2. The van der Waals surface area contributed by atoms with Gasteiger partial charge in [0.25, 0.3) is 0 Å². The number of piperidine rings is 1. The zero-order valence-electron chi connectivity index (χ0n) is 16.4. The molecule has 0 radical (unpaired) electrons. The molecule has 1 aromatic rings. The number of phenols is 1. The van der Waals surface area contributed by atoms with Crippen molar-refractivity contribution in [3.05, 3.63) is 29.3 Å². The number of aliphatic hydroxyl groups is 1. The number of fused-ring (bicyclic) bond motifs is 1. The van der Waals surface area contributed by atoms with E-state index in [1.54, 1.807) is 0 Å². The number of rotatable bonds is 3. The number of aliphatic hydroxyl groups excluding tert-OH is 1. The molecule has 1 heterocycles. The molecule has 2 N–H and O–H groups in total. The average molecular weight is 394 g/mol. The van der Waals surface area contributed by atoms with Crippen LogP contribution in [0.4, 0.5) is 0 Å². The summed E-state index contributed by atoms with van der Waals surface area (Å²) in [6.07, 6.45) is 5.98. The third-order valence-corrected chi connectivity index (χ3v) is 8.00. The zero-order valence-corrected chi connectivity index (χ0v) is 17.2. The molecule has 5 heteroatoms.